The van der Waals surface area contributed by atoms with Gasteiger partial charge in [0.15, 0.2) is 0 Å². The van der Waals surface area contributed by atoms with Crippen LogP contribution in [0.1, 0.15) is 12.0 Å². The molecule has 0 radical (unpaired) electrons. The number of anilines is 1. The van der Waals surface area contributed by atoms with Gasteiger partial charge in [0, 0.05) is 25.5 Å². The van der Waals surface area contributed by atoms with E-state index in [0.717, 1.165) is 11.3 Å². The zero-order valence-electron chi connectivity index (χ0n) is 8.98. The second kappa shape index (κ2) is 4.39. The zero-order chi connectivity index (χ0) is 11.7. The molecular formula is C11H13ClN2O2. The molecule has 1 unspecified atom stereocenters. The highest BCUT2D eigenvalue weighted by atomic mass is 35.5. The summed E-state index contributed by atoms with van der Waals surface area (Å²) in [5.41, 5.74) is 1.60. The normalized spacial score (nSPS) is 20.6. The molecule has 0 bridgehead atoms. The molecule has 1 fully saturated rings. The fraction of sp³-hybridized carbons (Fsp3) is 0.455. The molecule has 2 heterocycles. The summed E-state index contributed by atoms with van der Waals surface area (Å²) in [6.45, 7) is 2.45. The van der Waals surface area contributed by atoms with Gasteiger partial charge in [0.2, 0.25) is 5.91 Å². The number of hydrogen-bond acceptors (Lipinski definition) is 3. The number of aliphatic hydroxyl groups is 1. The van der Waals surface area contributed by atoms with E-state index in [1.807, 2.05) is 13.0 Å². The van der Waals surface area contributed by atoms with Gasteiger partial charge in [-0.2, -0.15) is 0 Å². The highest BCUT2D eigenvalue weighted by molar-refractivity contribution is 6.30. The van der Waals surface area contributed by atoms with Gasteiger partial charge in [-0.3, -0.25) is 4.79 Å². The van der Waals surface area contributed by atoms with Crippen LogP contribution in [0.15, 0.2) is 12.3 Å². The molecule has 5 heteroatoms. The van der Waals surface area contributed by atoms with E-state index in [2.05, 4.69) is 4.98 Å². The van der Waals surface area contributed by atoms with Crippen molar-refractivity contribution in [1.29, 1.82) is 0 Å². The van der Waals surface area contributed by atoms with E-state index >= 15 is 0 Å². The lowest BCUT2D eigenvalue weighted by Gasteiger charge is -2.16. The molecule has 1 aliphatic heterocycles. The third kappa shape index (κ3) is 2.03. The Bertz CT molecular complexity index is 422. The predicted octanol–water partition coefficient (Wildman–Crippen LogP) is 1.39. The molecule has 86 valence electrons. The topological polar surface area (TPSA) is 53.4 Å². The van der Waals surface area contributed by atoms with Crippen LogP contribution >= 0.6 is 11.6 Å². The minimum Gasteiger partial charge on any atom is -0.396 e. The zero-order valence-corrected chi connectivity index (χ0v) is 9.74. The average Bonchev–Trinajstić information content (AvgIpc) is 2.64. The minimum absolute atomic E-state index is 0.0302. The first kappa shape index (κ1) is 11.4. The summed E-state index contributed by atoms with van der Waals surface area (Å²) in [5.74, 6) is 0.0612. The van der Waals surface area contributed by atoms with Crippen LogP contribution in [0.3, 0.4) is 0 Å². The van der Waals surface area contributed by atoms with E-state index in [-0.39, 0.29) is 18.4 Å². The third-order valence-electron chi connectivity index (χ3n) is 2.77. The summed E-state index contributed by atoms with van der Waals surface area (Å²) in [5, 5.41) is 9.48. The number of carbonyl (C=O) groups excluding carboxylic acids is 1. The second-order valence-corrected chi connectivity index (χ2v) is 4.42. The van der Waals surface area contributed by atoms with Crippen LogP contribution in [0.25, 0.3) is 0 Å². The number of rotatable bonds is 2. The van der Waals surface area contributed by atoms with Crippen molar-refractivity contribution in [2.75, 3.05) is 18.1 Å². The molecule has 0 saturated carbocycles. The number of carbonyl (C=O) groups is 1. The van der Waals surface area contributed by atoms with E-state index in [0.29, 0.717) is 18.1 Å². The SMILES string of the molecule is Cc1cc(N2CC(CO)CC2=O)cnc1Cl. The number of nitrogens with zero attached hydrogens (tertiary/aromatic N) is 2. The molecule has 1 aromatic rings. The van der Waals surface area contributed by atoms with Crippen LogP contribution in [0, 0.1) is 12.8 Å². The first-order valence-electron chi connectivity index (χ1n) is 5.15. The first-order chi connectivity index (χ1) is 7.61. The number of aliphatic hydroxyl groups excluding tert-OH is 1. The second-order valence-electron chi connectivity index (χ2n) is 4.06. The van der Waals surface area contributed by atoms with Gasteiger partial charge >= 0.3 is 0 Å². The smallest absolute Gasteiger partial charge is 0.227 e. The minimum atomic E-state index is 0.0302. The van der Waals surface area contributed by atoms with Crippen LogP contribution in [0.2, 0.25) is 5.15 Å². The van der Waals surface area contributed by atoms with Gasteiger partial charge in [-0.25, -0.2) is 4.98 Å². The number of halogens is 1. The molecule has 0 aliphatic carbocycles. The number of aryl methyl sites for hydroxylation is 1. The Morgan fingerprint density at radius 1 is 1.69 bits per heavy atom. The number of aromatic nitrogens is 1. The Labute approximate surface area is 98.9 Å². The quantitative estimate of drug-likeness (QED) is 0.795. The van der Waals surface area contributed by atoms with Crippen LogP contribution in [-0.4, -0.2) is 29.1 Å². The van der Waals surface area contributed by atoms with Crippen molar-refractivity contribution in [3.05, 3.63) is 23.0 Å². The molecule has 1 amide bonds. The molecule has 1 saturated heterocycles. The van der Waals surface area contributed by atoms with Gasteiger partial charge in [0.05, 0.1) is 11.9 Å². The van der Waals surface area contributed by atoms with Crippen LogP contribution in [0.4, 0.5) is 5.69 Å². The Morgan fingerprint density at radius 2 is 2.44 bits per heavy atom. The maximum absolute atomic E-state index is 11.7. The molecule has 0 aromatic carbocycles. The maximum Gasteiger partial charge on any atom is 0.227 e. The Kier molecular flexibility index (Phi) is 3.12. The van der Waals surface area contributed by atoms with E-state index in [1.165, 1.54) is 0 Å². The van der Waals surface area contributed by atoms with E-state index < -0.39 is 0 Å². The Balaban J connectivity index is 2.24. The maximum atomic E-state index is 11.7. The molecule has 0 spiro atoms. The summed E-state index contributed by atoms with van der Waals surface area (Å²) >= 11 is 5.83. The van der Waals surface area contributed by atoms with Crippen molar-refractivity contribution in [3.8, 4) is 0 Å². The Morgan fingerprint density at radius 3 is 3.00 bits per heavy atom. The molecule has 16 heavy (non-hydrogen) atoms. The largest absolute Gasteiger partial charge is 0.396 e. The molecule has 1 aromatic heterocycles. The van der Waals surface area contributed by atoms with Crippen molar-refractivity contribution in [2.24, 2.45) is 5.92 Å². The van der Waals surface area contributed by atoms with E-state index in [1.54, 1.807) is 11.1 Å². The van der Waals surface area contributed by atoms with E-state index in [9.17, 15) is 4.79 Å². The Hall–Kier alpha value is -1.13. The molecule has 4 nitrogen and oxygen atoms in total. The molecular weight excluding hydrogens is 228 g/mol. The average molecular weight is 241 g/mol. The third-order valence-corrected chi connectivity index (χ3v) is 3.17. The first-order valence-corrected chi connectivity index (χ1v) is 5.53. The lowest BCUT2D eigenvalue weighted by Crippen LogP contribution is -2.25. The number of pyridine rings is 1. The van der Waals surface area contributed by atoms with Crippen molar-refractivity contribution < 1.29 is 9.90 Å². The fourth-order valence-electron chi connectivity index (χ4n) is 1.84. The fourth-order valence-corrected chi connectivity index (χ4v) is 1.95. The van der Waals surface area contributed by atoms with Crippen molar-refractivity contribution in [1.82, 2.24) is 4.98 Å². The highest BCUT2D eigenvalue weighted by Crippen LogP contribution is 2.26. The standard InChI is InChI=1S/C11H13ClN2O2/c1-7-2-9(4-13-11(7)12)14-5-8(6-15)3-10(14)16/h2,4,8,15H,3,5-6H2,1H3. The molecule has 2 rings (SSSR count). The summed E-state index contributed by atoms with van der Waals surface area (Å²) in [7, 11) is 0. The van der Waals surface area contributed by atoms with Crippen LogP contribution in [-0.2, 0) is 4.79 Å². The summed E-state index contributed by atoms with van der Waals surface area (Å²) in [6, 6.07) is 1.84. The number of amides is 1. The van der Waals surface area contributed by atoms with Crippen LogP contribution < -0.4 is 4.90 Å². The predicted molar refractivity (Wildman–Crippen MR) is 61.5 cm³/mol. The van der Waals surface area contributed by atoms with Gasteiger partial charge in [0.25, 0.3) is 0 Å². The van der Waals surface area contributed by atoms with Gasteiger partial charge in [0.1, 0.15) is 5.15 Å². The lowest BCUT2D eigenvalue weighted by molar-refractivity contribution is -0.117. The lowest BCUT2D eigenvalue weighted by atomic mass is 10.1. The molecule has 1 N–H and O–H groups in total. The molecule has 1 aliphatic rings. The van der Waals surface area contributed by atoms with Crippen molar-refractivity contribution >= 4 is 23.2 Å². The van der Waals surface area contributed by atoms with Crippen molar-refractivity contribution in [2.45, 2.75) is 13.3 Å². The van der Waals surface area contributed by atoms with Gasteiger partial charge in [-0.15, -0.1) is 0 Å². The van der Waals surface area contributed by atoms with Crippen LogP contribution in [0.5, 0.6) is 0 Å². The van der Waals surface area contributed by atoms with Gasteiger partial charge < -0.3 is 10.0 Å². The van der Waals surface area contributed by atoms with E-state index in [4.69, 9.17) is 16.7 Å². The highest BCUT2D eigenvalue weighted by Gasteiger charge is 2.30. The summed E-state index contributed by atoms with van der Waals surface area (Å²) in [4.78, 5) is 17.4. The monoisotopic (exact) mass is 240 g/mol. The van der Waals surface area contributed by atoms with Gasteiger partial charge in [-0.1, -0.05) is 11.6 Å². The van der Waals surface area contributed by atoms with Crippen molar-refractivity contribution in [3.63, 3.8) is 0 Å². The molecule has 1 atom stereocenters. The van der Waals surface area contributed by atoms with Gasteiger partial charge in [-0.05, 0) is 18.6 Å². The summed E-state index contributed by atoms with van der Waals surface area (Å²) in [6.07, 6.45) is 1.99. The number of hydrogen-bond donors (Lipinski definition) is 1. The summed E-state index contributed by atoms with van der Waals surface area (Å²) < 4.78 is 0.